The quantitative estimate of drug-likeness (QED) is 0.260. The van der Waals surface area contributed by atoms with E-state index in [9.17, 15) is 9.59 Å². The predicted molar refractivity (Wildman–Crippen MR) is 111 cm³/mol. The summed E-state index contributed by atoms with van der Waals surface area (Å²) in [6, 6.07) is 20.1. The average molecular weight is 407 g/mol. The van der Waals surface area contributed by atoms with E-state index < -0.39 is 11.6 Å². The van der Waals surface area contributed by atoms with Gasteiger partial charge in [-0.3, -0.25) is 0 Å². The van der Waals surface area contributed by atoms with Gasteiger partial charge in [-0.05, 0) is 60.2 Å². The third kappa shape index (κ3) is 4.00. The lowest BCUT2D eigenvalue weighted by molar-refractivity contribution is 0.0735. The molecule has 4 rings (SSSR count). The molecular formula is C23H15ClO5. The molecule has 0 fully saturated rings. The number of benzene rings is 3. The molecule has 0 saturated heterocycles. The fourth-order valence-corrected chi connectivity index (χ4v) is 3.00. The summed E-state index contributed by atoms with van der Waals surface area (Å²) in [7, 11) is 1.58. The Balaban J connectivity index is 1.63. The lowest BCUT2D eigenvalue weighted by Crippen LogP contribution is -2.08. The zero-order chi connectivity index (χ0) is 20.4. The monoisotopic (exact) mass is 406 g/mol. The Kier molecular flexibility index (Phi) is 5.06. The maximum atomic E-state index is 12.5. The molecule has 0 N–H and O–H groups in total. The Bertz CT molecular complexity index is 1240. The molecule has 0 aliphatic carbocycles. The number of fused-ring (bicyclic) bond motifs is 1. The van der Waals surface area contributed by atoms with Crippen LogP contribution in [-0.2, 0) is 0 Å². The largest absolute Gasteiger partial charge is 0.497 e. The third-order valence-corrected chi connectivity index (χ3v) is 4.65. The van der Waals surface area contributed by atoms with Crippen molar-refractivity contribution in [1.82, 2.24) is 0 Å². The molecule has 3 aromatic carbocycles. The van der Waals surface area contributed by atoms with Crippen LogP contribution in [0.1, 0.15) is 10.4 Å². The van der Waals surface area contributed by atoms with Crippen LogP contribution >= 0.6 is 11.6 Å². The van der Waals surface area contributed by atoms with Crippen molar-refractivity contribution in [2.24, 2.45) is 0 Å². The fraction of sp³-hybridized carbons (Fsp3) is 0.0435. The van der Waals surface area contributed by atoms with Gasteiger partial charge in [0.2, 0.25) is 0 Å². The first-order valence-electron chi connectivity index (χ1n) is 8.73. The number of halogens is 1. The Labute approximate surface area is 171 Å². The normalized spacial score (nSPS) is 10.7. The molecule has 0 aliphatic rings. The molecule has 0 radical (unpaired) electrons. The molecule has 5 nitrogen and oxygen atoms in total. The lowest BCUT2D eigenvalue weighted by Gasteiger charge is -2.07. The van der Waals surface area contributed by atoms with Gasteiger partial charge in [-0.1, -0.05) is 23.7 Å². The number of ether oxygens (including phenoxy) is 2. The fourth-order valence-electron chi connectivity index (χ4n) is 2.88. The summed E-state index contributed by atoms with van der Waals surface area (Å²) >= 11 is 5.83. The van der Waals surface area contributed by atoms with Gasteiger partial charge >= 0.3 is 11.6 Å². The molecule has 0 spiro atoms. The topological polar surface area (TPSA) is 65.7 Å². The average Bonchev–Trinajstić information content (AvgIpc) is 2.74. The second-order valence-electron chi connectivity index (χ2n) is 6.27. The number of hydrogen-bond acceptors (Lipinski definition) is 5. The van der Waals surface area contributed by atoms with Gasteiger partial charge in [0.1, 0.15) is 17.1 Å². The van der Waals surface area contributed by atoms with Crippen molar-refractivity contribution >= 4 is 28.5 Å². The van der Waals surface area contributed by atoms with Crippen molar-refractivity contribution in [1.29, 1.82) is 0 Å². The van der Waals surface area contributed by atoms with Gasteiger partial charge in [0.15, 0.2) is 0 Å². The number of esters is 1. The molecule has 0 amide bonds. The highest BCUT2D eigenvalue weighted by molar-refractivity contribution is 6.30. The molecule has 29 heavy (non-hydrogen) atoms. The summed E-state index contributed by atoms with van der Waals surface area (Å²) in [5.74, 6) is 0.446. The number of methoxy groups -OCH3 is 1. The van der Waals surface area contributed by atoms with Gasteiger partial charge < -0.3 is 13.9 Å². The second-order valence-corrected chi connectivity index (χ2v) is 6.71. The Morgan fingerprint density at radius 2 is 1.59 bits per heavy atom. The standard InChI is InChI=1S/C23H15ClO5/c1-27-18-9-4-14(5-10-18)20-12-16-6-11-19(13-21(16)29-23(20)26)28-22(25)15-2-7-17(24)8-3-15/h2-13H,1H3. The molecule has 1 aromatic heterocycles. The summed E-state index contributed by atoms with van der Waals surface area (Å²) < 4.78 is 16.0. The van der Waals surface area contributed by atoms with Crippen molar-refractivity contribution in [3.8, 4) is 22.6 Å². The third-order valence-electron chi connectivity index (χ3n) is 4.40. The van der Waals surface area contributed by atoms with E-state index >= 15 is 0 Å². The van der Waals surface area contributed by atoms with Gasteiger partial charge in [-0.25, -0.2) is 9.59 Å². The van der Waals surface area contributed by atoms with E-state index in [2.05, 4.69) is 0 Å². The van der Waals surface area contributed by atoms with Crippen molar-refractivity contribution in [3.05, 3.63) is 93.8 Å². The van der Waals surface area contributed by atoms with Crippen LogP contribution in [0.3, 0.4) is 0 Å². The molecule has 6 heteroatoms. The van der Waals surface area contributed by atoms with Crippen molar-refractivity contribution < 1.29 is 18.7 Å². The van der Waals surface area contributed by atoms with Gasteiger partial charge in [-0.15, -0.1) is 0 Å². The molecule has 4 aromatic rings. The van der Waals surface area contributed by atoms with E-state index in [1.165, 1.54) is 6.07 Å². The molecule has 0 saturated carbocycles. The molecule has 144 valence electrons. The first-order valence-corrected chi connectivity index (χ1v) is 9.11. The van der Waals surface area contributed by atoms with Crippen molar-refractivity contribution in [3.63, 3.8) is 0 Å². The summed E-state index contributed by atoms with van der Waals surface area (Å²) in [5.41, 5.74) is 1.37. The van der Waals surface area contributed by atoms with E-state index in [1.807, 2.05) is 0 Å². The van der Waals surface area contributed by atoms with Crippen LogP contribution in [0.2, 0.25) is 5.02 Å². The maximum Gasteiger partial charge on any atom is 0.344 e. The van der Waals surface area contributed by atoms with E-state index in [0.29, 0.717) is 32.9 Å². The summed E-state index contributed by atoms with van der Waals surface area (Å²) in [5, 5.41) is 1.24. The minimum atomic E-state index is -0.529. The second kappa shape index (κ2) is 7.81. The van der Waals surface area contributed by atoms with Crippen LogP contribution in [0.5, 0.6) is 11.5 Å². The van der Waals surface area contributed by atoms with E-state index in [4.69, 9.17) is 25.5 Å². The van der Waals surface area contributed by atoms with Crippen LogP contribution in [0.25, 0.3) is 22.1 Å². The summed E-state index contributed by atoms with van der Waals surface area (Å²) in [6.45, 7) is 0. The first-order chi connectivity index (χ1) is 14.0. The van der Waals surface area contributed by atoms with Crippen LogP contribution < -0.4 is 15.1 Å². The van der Waals surface area contributed by atoms with Gasteiger partial charge in [0.05, 0.1) is 18.2 Å². The minimum absolute atomic E-state index is 0.276. The van der Waals surface area contributed by atoms with Gasteiger partial charge in [0.25, 0.3) is 0 Å². The zero-order valence-corrected chi connectivity index (χ0v) is 16.1. The van der Waals surface area contributed by atoms with Crippen molar-refractivity contribution in [2.45, 2.75) is 0 Å². The van der Waals surface area contributed by atoms with Crippen molar-refractivity contribution in [2.75, 3.05) is 7.11 Å². The maximum absolute atomic E-state index is 12.5. The van der Waals surface area contributed by atoms with Crippen LogP contribution in [0.4, 0.5) is 0 Å². The predicted octanol–water partition coefficient (Wildman–Crippen LogP) is 5.34. The van der Waals surface area contributed by atoms with E-state index in [0.717, 1.165) is 5.56 Å². The van der Waals surface area contributed by atoms with E-state index in [-0.39, 0.29) is 5.75 Å². The van der Waals surface area contributed by atoms with Gasteiger partial charge in [-0.2, -0.15) is 0 Å². The van der Waals surface area contributed by atoms with E-state index in [1.54, 1.807) is 73.8 Å². The Morgan fingerprint density at radius 1 is 0.897 bits per heavy atom. The first kappa shape index (κ1) is 18.8. The molecule has 0 bridgehead atoms. The van der Waals surface area contributed by atoms with Gasteiger partial charge in [0, 0.05) is 16.5 Å². The Morgan fingerprint density at radius 3 is 2.28 bits per heavy atom. The van der Waals surface area contributed by atoms with Crippen LogP contribution in [0.15, 0.2) is 82.0 Å². The zero-order valence-electron chi connectivity index (χ0n) is 15.3. The summed E-state index contributed by atoms with van der Waals surface area (Å²) in [6.07, 6.45) is 0. The molecular weight excluding hydrogens is 392 g/mol. The lowest BCUT2D eigenvalue weighted by atomic mass is 10.1. The molecule has 0 aliphatic heterocycles. The smallest absolute Gasteiger partial charge is 0.344 e. The Hall–Kier alpha value is -3.57. The minimum Gasteiger partial charge on any atom is -0.497 e. The SMILES string of the molecule is COc1ccc(-c2cc3ccc(OC(=O)c4ccc(Cl)cc4)cc3oc2=O)cc1. The molecule has 0 atom stereocenters. The highest BCUT2D eigenvalue weighted by atomic mass is 35.5. The highest BCUT2D eigenvalue weighted by Crippen LogP contribution is 2.26. The number of carbonyl (C=O) groups is 1. The number of rotatable bonds is 4. The number of carbonyl (C=O) groups excluding carboxylic acids is 1. The summed E-state index contributed by atoms with van der Waals surface area (Å²) in [4.78, 5) is 24.7. The molecule has 1 heterocycles. The highest BCUT2D eigenvalue weighted by Gasteiger charge is 2.12. The number of hydrogen-bond donors (Lipinski definition) is 0. The van der Waals surface area contributed by atoms with Crippen LogP contribution in [-0.4, -0.2) is 13.1 Å². The van der Waals surface area contributed by atoms with Crippen LogP contribution in [0, 0.1) is 0 Å². The molecule has 0 unspecified atom stereocenters.